The first kappa shape index (κ1) is 14.0. The van der Waals surface area contributed by atoms with E-state index in [9.17, 15) is 9.18 Å². The molecule has 2 amide bonds. The number of rotatable bonds is 3. The molecule has 1 aromatic carbocycles. The number of nitrogens with one attached hydrogen (secondary N) is 1. The Morgan fingerprint density at radius 3 is 2.80 bits per heavy atom. The largest absolute Gasteiger partial charge is 0.361 e. The highest BCUT2D eigenvalue weighted by atomic mass is 19.1. The average molecular weight is 277 g/mol. The van der Waals surface area contributed by atoms with Crippen LogP contribution in [0.3, 0.4) is 0 Å². The lowest BCUT2D eigenvalue weighted by Gasteiger charge is -2.17. The lowest BCUT2D eigenvalue weighted by Crippen LogP contribution is -2.31. The van der Waals surface area contributed by atoms with Crippen molar-refractivity contribution in [2.75, 3.05) is 12.4 Å². The highest BCUT2D eigenvalue weighted by Gasteiger charge is 2.15. The quantitative estimate of drug-likeness (QED) is 0.937. The van der Waals surface area contributed by atoms with Crippen LogP contribution in [-0.4, -0.2) is 23.1 Å². The molecule has 2 aromatic rings. The second-order valence-corrected chi connectivity index (χ2v) is 4.60. The van der Waals surface area contributed by atoms with Gasteiger partial charge in [0.1, 0.15) is 11.6 Å². The van der Waals surface area contributed by atoms with E-state index in [1.54, 1.807) is 26.1 Å². The number of anilines is 1. The SMILES string of the molecule is Cc1noc(C)c1CN(C)C(=O)Nc1cccc(F)c1. The number of amides is 2. The van der Waals surface area contributed by atoms with Gasteiger partial charge in [0.2, 0.25) is 0 Å². The monoisotopic (exact) mass is 277 g/mol. The minimum atomic E-state index is -0.392. The van der Waals surface area contributed by atoms with Crippen molar-refractivity contribution in [3.63, 3.8) is 0 Å². The standard InChI is InChI=1S/C14H16FN3O2/c1-9-13(10(2)20-17-9)8-18(3)14(19)16-12-6-4-5-11(15)7-12/h4-7H,8H2,1-3H3,(H,16,19). The lowest BCUT2D eigenvalue weighted by atomic mass is 10.2. The topological polar surface area (TPSA) is 58.4 Å². The minimum absolute atomic E-state index is 0.324. The first-order chi connectivity index (χ1) is 9.47. The summed E-state index contributed by atoms with van der Waals surface area (Å²) < 4.78 is 18.1. The smallest absolute Gasteiger partial charge is 0.321 e. The van der Waals surface area contributed by atoms with Gasteiger partial charge in [0.15, 0.2) is 0 Å². The highest BCUT2D eigenvalue weighted by molar-refractivity contribution is 5.89. The maximum absolute atomic E-state index is 13.0. The Morgan fingerprint density at radius 1 is 1.45 bits per heavy atom. The summed E-state index contributed by atoms with van der Waals surface area (Å²) in [6.07, 6.45) is 0. The van der Waals surface area contributed by atoms with Crippen molar-refractivity contribution >= 4 is 11.7 Å². The van der Waals surface area contributed by atoms with Crippen LogP contribution in [0.25, 0.3) is 0 Å². The molecule has 0 spiro atoms. The van der Waals surface area contributed by atoms with Crippen molar-refractivity contribution in [2.45, 2.75) is 20.4 Å². The Bertz CT molecular complexity index is 605. The maximum atomic E-state index is 13.0. The van der Waals surface area contributed by atoms with Gasteiger partial charge in [-0.15, -0.1) is 0 Å². The van der Waals surface area contributed by atoms with Gasteiger partial charge in [-0.25, -0.2) is 9.18 Å². The van der Waals surface area contributed by atoms with E-state index in [1.165, 1.54) is 17.0 Å². The van der Waals surface area contributed by atoms with Crippen molar-refractivity contribution in [3.05, 3.63) is 47.1 Å². The fourth-order valence-electron chi connectivity index (χ4n) is 1.82. The first-order valence-electron chi connectivity index (χ1n) is 6.17. The lowest BCUT2D eigenvalue weighted by molar-refractivity contribution is 0.220. The second kappa shape index (κ2) is 5.73. The van der Waals surface area contributed by atoms with Crippen molar-refractivity contribution < 1.29 is 13.7 Å². The van der Waals surface area contributed by atoms with E-state index in [4.69, 9.17) is 4.52 Å². The molecule has 0 unspecified atom stereocenters. The van der Waals surface area contributed by atoms with Crippen molar-refractivity contribution in [2.24, 2.45) is 0 Å². The third kappa shape index (κ3) is 3.14. The molecule has 106 valence electrons. The summed E-state index contributed by atoms with van der Waals surface area (Å²) in [7, 11) is 1.65. The number of hydrogen-bond donors (Lipinski definition) is 1. The molecule has 1 heterocycles. The van der Waals surface area contributed by atoms with Crippen LogP contribution < -0.4 is 5.32 Å². The number of carbonyl (C=O) groups excluding carboxylic acids is 1. The van der Waals surface area contributed by atoms with E-state index >= 15 is 0 Å². The third-order valence-electron chi connectivity index (χ3n) is 3.00. The molecule has 0 atom stereocenters. The number of aromatic nitrogens is 1. The van der Waals surface area contributed by atoms with Crippen LogP contribution >= 0.6 is 0 Å². The Balaban J connectivity index is 2.02. The molecule has 1 aromatic heterocycles. The Kier molecular flexibility index (Phi) is 4.02. The van der Waals surface area contributed by atoms with E-state index < -0.39 is 5.82 Å². The summed E-state index contributed by atoms with van der Waals surface area (Å²) in [6, 6.07) is 5.44. The molecule has 0 bridgehead atoms. The molecule has 1 N–H and O–H groups in total. The van der Waals surface area contributed by atoms with Gasteiger partial charge in [0.25, 0.3) is 0 Å². The molecule has 0 aliphatic carbocycles. The van der Waals surface area contributed by atoms with Gasteiger partial charge >= 0.3 is 6.03 Å². The summed E-state index contributed by atoms with van der Waals surface area (Å²) in [6.45, 7) is 4.00. The Labute approximate surface area is 116 Å². The van der Waals surface area contributed by atoms with E-state index in [0.717, 1.165) is 11.3 Å². The number of carbonyl (C=O) groups is 1. The maximum Gasteiger partial charge on any atom is 0.321 e. The predicted molar refractivity (Wildman–Crippen MR) is 72.9 cm³/mol. The van der Waals surface area contributed by atoms with Gasteiger partial charge in [0, 0.05) is 18.3 Å². The second-order valence-electron chi connectivity index (χ2n) is 4.60. The fraction of sp³-hybridized carbons (Fsp3) is 0.286. The predicted octanol–water partition coefficient (Wildman–Crippen LogP) is 3.09. The molecule has 6 heteroatoms. The van der Waals surface area contributed by atoms with Crippen LogP contribution in [-0.2, 0) is 6.54 Å². The van der Waals surface area contributed by atoms with E-state index in [1.807, 2.05) is 6.92 Å². The third-order valence-corrected chi connectivity index (χ3v) is 3.00. The van der Waals surface area contributed by atoms with E-state index in [2.05, 4.69) is 10.5 Å². The van der Waals surface area contributed by atoms with E-state index in [0.29, 0.717) is 18.0 Å². The fourth-order valence-corrected chi connectivity index (χ4v) is 1.82. The van der Waals surface area contributed by atoms with Crippen LogP contribution in [0.4, 0.5) is 14.9 Å². The number of hydrogen-bond acceptors (Lipinski definition) is 3. The number of nitrogens with zero attached hydrogens (tertiary/aromatic N) is 2. The van der Waals surface area contributed by atoms with Gasteiger partial charge in [-0.1, -0.05) is 11.2 Å². The van der Waals surface area contributed by atoms with Crippen LogP contribution in [0, 0.1) is 19.7 Å². The summed E-state index contributed by atoms with van der Waals surface area (Å²) in [4.78, 5) is 13.5. The summed E-state index contributed by atoms with van der Waals surface area (Å²) in [5.41, 5.74) is 2.05. The van der Waals surface area contributed by atoms with Crippen LogP contribution in [0.2, 0.25) is 0 Å². The van der Waals surface area contributed by atoms with Crippen molar-refractivity contribution in [1.82, 2.24) is 10.1 Å². The zero-order chi connectivity index (χ0) is 14.7. The highest BCUT2D eigenvalue weighted by Crippen LogP contribution is 2.15. The molecular formula is C14H16FN3O2. The zero-order valence-corrected chi connectivity index (χ0v) is 11.6. The first-order valence-corrected chi connectivity index (χ1v) is 6.17. The van der Waals surface area contributed by atoms with Crippen molar-refractivity contribution in [3.8, 4) is 0 Å². The van der Waals surface area contributed by atoms with Crippen LogP contribution in [0.15, 0.2) is 28.8 Å². The number of aryl methyl sites for hydroxylation is 2. The summed E-state index contributed by atoms with van der Waals surface area (Å²) in [5.74, 6) is 0.295. The molecule has 2 rings (SSSR count). The van der Waals surface area contributed by atoms with Gasteiger partial charge in [-0.3, -0.25) is 0 Å². The van der Waals surface area contributed by atoms with Crippen molar-refractivity contribution in [1.29, 1.82) is 0 Å². The normalized spacial score (nSPS) is 10.4. The van der Waals surface area contributed by atoms with Gasteiger partial charge in [0.05, 0.1) is 12.2 Å². The Morgan fingerprint density at radius 2 is 2.20 bits per heavy atom. The average Bonchev–Trinajstić information content (AvgIpc) is 2.70. The minimum Gasteiger partial charge on any atom is -0.361 e. The number of urea groups is 1. The molecule has 0 aliphatic rings. The zero-order valence-electron chi connectivity index (χ0n) is 11.6. The Hall–Kier alpha value is -2.37. The van der Waals surface area contributed by atoms with Gasteiger partial charge in [-0.05, 0) is 32.0 Å². The van der Waals surface area contributed by atoms with Crippen LogP contribution in [0.5, 0.6) is 0 Å². The molecule has 0 radical (unpaired) electrons. The summed E-state index contributed by atoms with van der Waals surface area (Å²) >= 11 is 0. The number of halogens is 1. The van der Waals surface area contributed by atoms with E-state index in [-0.39, 0.29) is 6.03 Å². The van der Waals surface area contributed by atoms with Gasteiger partial charge in [-0.2, -0.15) is 0 Å². The van der Waals surface area contributed by atoms with Crippen LogP contribution in [0.1, 0.15) is 17.0 Å². The molecule has 0 fully saturated rings. The molecule has 5 nitrogen and oxygen atoms in total. The number of benzene rings is 1. The molecule has 0 saturated heterocycles. The van der Waals surface area contributed by atoms with Gasteiger partial charge < -0.3 is 14.7 Å². The molecular weight excluding hydrogens is 261 g/mol. The summed E-state index contributed by atoms with van der Waals surface area (Å²) in [5, 5.41) is 6.47. The molecule has 20 heavy (non-hydrogen) atoms. The molecule has 0 saturated carbocycles. The molecule has 0 aliphatic heterocycles.